The maximum atomic E-state index is 8.98. The lowest BCUT2D eigenvalue weighted by molar-refractivity contribution is 0.198. The van der Waals surface area contributed by atoms with Crippen molar-refractivity contribution in [2.75, 3.05) is 26.2 Å². The molecular weight excluding hydrogens is 388 g/mol. The molecule has 0 radical (unpaired) electrons. The predicted molar refractivity (Wildman–Crippen MR) is 128 cm³/mol. The SMILES string of the molecule is CC1(C)CCC(C)(C)c2cc(-c3nc(C4CCN(CCCCO)CC4)cs3)ccc21. The van der Waals surface area contributed by atoms with Crippen LogP contribution in [0.15, 0.2) is 23.6 Å². The van der Waals surface area contributed by atoms with Gasteiger partial charge >= 0.3 is 0 Å². The molecule has 30 heavy (non-hydrogen) atoms. The summed E-state index contributed by atoms with van der Waals surface area (Å²) < 4.78 is 0. The van der Waals surface area contributed by atoms with Crippen LogP contribution in [0.2, 0.25) is 0 Å². The first kappa shape index (κ1) is 22.0. The summed E-state index contributed by atoms with van der Waals surface area (Å²) in [5, 5.41) is 12.5. The van der Waals surface area contributed by atoms with Gasteiger partial charge in [-0.1, -0.05) is 39.8 Å². The van der Waals surface area contributed by atoms with E-state index in [0.717, 1.165) is 32.5 Å². The van der Waals surface area contributed by atoms with Gasteiger partial charge in [-0.3, -0.25) is 0 Å². The fraction of sp³-hybridized carbons (Fsp3) is 0.654. The van der Waals surface area contributed by atoms with Crippen molar-refractivity contribution >= 4 is 11.3 Å². The van der Waals surface area contributed by atoms with Crippen LogP contribution in [0.1, 0.15) is 89.0 Å². The van der Waals surface area contributed by atoms with E-state index in [1.54, 1.807) is 0 Å². The number of rotatable bonds is 6. The monoisotopic (exact) mass is 426 g/mol. The summed E-state index contributed by atoms with van der Waals surface area (Å²) in [6.45, 7) is 13.3. The number of hydrogen-bond acceptors (Lipinski definition) is 4. The van der Waals surface area contributed by atoms with Crippen molar-refractivity contribution in [1.29, 1.82) is 0 Å². The third kappa shape index (κ3) is 4.51. The Balaban J connectivity index is 1.48. The number of aromatic nitrogens is 1. The van der Waals surface area contributed by atoms with Crippen molar-refractivity contribution in [2.45, 2.75) is 83.0 Å². The average molecular weight is 427 g/mol. The van der Waals surface area contributed by atoms with E-state index in [-0.39, 0.29) is 10.8 Å². The number of aliphatic hydroxyl groups is 1. The van der Waals surface area contributed by atoms with E-state index in [1.807, 2.05) is 11.3 Å². The molecule has 0 saturated carbocycles. The summed E-state index contributed by atoms with van der Waals surface area (Å²) >= 11 is 1.81. The van der Waals surface area contributed by atoms with Crippen LogP contribution < -0.4 is 0 Å². The first-order valence-corrected chi connectivity index (χ1v) is 12.6. The van der Waals surface area contributed by atoms with Gasteiger partial charge in [0.2, 0.25) is 0 Å². The van der Waals surface area contributed by atoms with Crippen molar-refractivity contribution < 1.29 is 5.11 Å². The number of unbranched alkanes of at least 4 members (excludes halogenated alkanes) is 1. The Morgan fingerprint density at radius 2 is 1.73 bits per heavy atom. The zero-order valence-corrected chi connectivity index (χ0v) is 20.0. The highest BCUT2D eigenvalue weighted by Gasteiger charge is 2.37. The van der Waals surface area contributed by atoms with Gasteiger partial charge in [0.05, 0.1) is 5.69 Å². The lowest BCUT2D eigenvalue weighted by Gasteiger charge is -2.42. The minimum Gasteiger partial charge on any atom is -0.396 e. The van der Waals surface area contributed by atoms with Crippen LogP contribution in [0.5, 0.6) is 0 Å². The summed E-state index contributed by atoms with van der Waals surface area (Å²) in [6, 6.07) is 7.11. The molecule has 3 nitrogen and oxygen atoms in total. The number of hydrogen-bond donors (Lipinski definition) is 1. The summed E-state index contributed by atoms with van der Waals surface area (Å²) in [7, 11) is 0. The minimum absolute atomic E-state index is 0.240. The standard InChI is InChI=1S/C26H38N2OS/c1-25(2)11-12-26(3,4)22-17-20(7-8-21(22)25)24-27-23(18-30-24)19-9-14-28(15-10-19)13-5-6-16-29/h7-8,17-19,29H,5-6,9-16H2,1-4H3. The molecule has 4 rings (SSSR count). The Labute approximate surface area is 186 Å². The number of likely N-dealkylation sites (tertiary alicyclic amines) is 1. The zero-order valence-electron chi connectivity index (χ0n) is 19.2. The second-order valence-corrected chi connectivity index (χ2v) is 11.5. The highest BCUT2D eigenvalue weighted by molar-refractivity contribution is 7.13. The largest absolute Gasteiger partial charge is 0.396 e. The number of thiazole rings is 1. The molecule has 0 amide bonds. The number of nitrogens with zero attached hydrogens (tertiary/aromatic N) is 2. The Hall–Kier alpha value is -1.23. The van der Waals surface area contributed by atoms with Gasteiger partial charge in [-0.2, -0.15) is 0 Å². The lowest BCUT2D eigenvalue weighted by Crippen LogP contribution is -2.33. The Bertz CT molecular complexity index is 862. The summed E-state index contributed by atoms with van der Waals surface area (Å²) in [5.74, 6) is 0.595. The van der Waals surface area contributed by atoms with E-state index in [9.17, 15) is 0 Å². The molecule has 1 fully saturated rings. The fourth-order valence-corrected chi connectivity index (χ4v) is 6.13. The third-order valence-corrected chi connectivity index (χ3v) is 8.42. The molecule has 4 heteroatoms. The first-order valence-electron chi connectivity index (χ1n) is 11.7. The molecular formula is C26H38N2OS. The van der Waals surface area contributed by atoms with E-state index in [0.29, 0.717) is 12.5 Å². The number of fused-ring (bicyclic) bond motifs is 1. The molecule has 164 valence electrons. The highest BCUT2D eigenvalue weighted by atomic mass is 32.1. The Morgan fingerprint density at radius 1 is 1.03 bits per heavy atom. The zero-order chi connectivity index (χ0) is 21.4. The second kappa shape index (κ2) is 8.72. The molecule has 0 unspecified atom stereocenters. The third-order valence-electron chi connectivity index (χ3n) is 7.51. The van der Waals surface area contributed by atoms with Gasteiger partial charge in [-0.25, -0.2) is 4.98 Å². The predicted octanol–water partition coefficient (Wildman–Crippen LogP) is 6.11. The molecule has 1 saturated heterocycles. The Kier molecular flexibility index (Phi) is 6.39. The van der Waals surface area contributed by atoms with E-state index in [2.05, 4.69) is 56.2 Å². The van der Waals surface area contributed by atoms with Gasteiger partial charge in [-0.15, -0.1) is 11.3 Å². The molecule has 0 spiro atoms. The van der Waals surface area contributed by atoms with E-state index in [1.165, 1.54) is 53.1 Å². The summed E-state index contributed by atoms with van der Waals surface area (Å²) in [6.07, 6.45) is 6.93. The summed E-state index contributed by atoms with van der Waals surface area (Å²) in [5.41, 5.74) is 6.13. The van der Waals surface area contributed by atoms with Crippen molar-refractivity contribution in [3.63, 3.8) is 0 Å². The smallest absolute Gasteiger partial charge is 0.123 e. The molecule has 0 bridgehead atoms. The molecule has 1 aliphatic carbocycles. The van der Waals surface area contributed by atoms with Gasteiger partial charge in [0.25, 0.3) is 0 Å². The lowest BCUT2D eigenvalue weighted by atomic mass is 9.63. The number of piperidine rings is 1. The number of aliphatic hydroxyl groups excluding tert-OH is 1. The molecule has 2 heterocycles. The van der Waals surface area contributed by atoms with E-state index in [4.69, 9.17) is 10.1 Å². The maximum Gasteiger partial charge on any atom is 0.123 e. The van der Waals surface area contributed by atoms with Crippen LogP contribution in [-0.4, -0.2) is 41.2 Å². The number of benzene rings is 1. The van der Waals surface area contributed by atoms with Gasteiger partial charge < -0.3 is 10.0 Å². The van der Waals surface area contributed by atoms with Crippen LogP contribution in [0.4, 0.5) is 0 Å². The van der Waals surface area contributed by atoms with Crippen LogP contribution in [-0.2, 0) is 10.8 Å². The Morgan fingerprint density at radius 3 is 2.43 bits per heavy atom. The van der Waals surface area contributed by atoms with Gasteiger partial charge in [0.1, 0.15) is 5.01 Å². The summed E-state index contributed by atoms with van der Waals surface area (Å²) in [4.78, 5) is 7.65. The van der Waals surface area contributed by atoms with Gasteiger partial charge in [0.15, 0.2) is 0 Å². The van der Waals surface area contributed by atoms with Crippen LogP contribution >= 0.6 is 11.3 Å². The molecule has 1 aromatic heterocycles. The molecule has 1 N–H and O–H groups in total. The molecule has 2 aromatic rings. The first-order chi connectivity index (χ1) is 14.3. The van der Waals surface area contributed by atoms with E-state index >= 15 is 0 Å². The second-order valence-electron chi connectivity index (χ2n) is 10.7. The van der Waals surface area contributed by atoms with Crippen molar-refractivity contribution in [3.05, 3.63) is 40.4 Å². The molecule has 0 atom stereocenters. The van der Waals surface area contributed by atoms with Crippen LogP contribution in [0, 0.1) is 0 Å². The quantitative estimate of drug-likeness (QED) is 0.566. The fourth-order valence-electron chi connectivity index (χ4n) is 5.23. The molecule has 1 aromatic carbocycles. The topological polar surface area (TPSA) is 36.4 Å². The van der Waals surface area contributed by atoms with Crippen LogP contribution in [0.3, 0.4) is 0 Å². The van der Waals surface area contributed by atoms with Gasteiger partial charge in [-0.05, 0) is 86.2 Å². The minimum atomic E-state index is 0.240. The van der Waals surface area contributed by atoms with Crippen molar-refractivity contribution in [3.8, 4) is 10.6 Å². The van der Waals surface area contributed by atoms with Crippen molar-refractivity contribution in [1.82, 2.24) is 9.88 Å². The molecule has 1 aliphatic heterocycles. The highest BCUT2D eigenvalue weighted by Crippen LogP contribution is 2.47. The average Bonchev–Trinajstić information content (AvgIpc) is 3.22. The van der Waals surface area contributed by atoms with Crippen LogP contribution in [0.25, 0.3) is 10.6 Å². The van der Waals surface area contributed by atoms with Crippen molar-refractivity contribution in [2.24, 2.45) is 0 Å². The normalized spacial score (nSPS) is 21.5. The maximum absolute atomic E-state index is 8.98. The van der Waals surface area contributed by atoms with E-state index < -0.39 is 0 Å². The molecule has 2 aliphatic rings. The van der Waals surface area contributed by atoms with Gasteiger partial charge in [0, 0.05) is 23.5 Å².